The first-order chi connectivity index (χ1) is 6.85. The molecule has 0 aliphatic heterocycles. The van der Waals surface area contributed by atoms with Gasteiger partial charge in [0.25, 0.3) is 0 Å². The van der Waals surface area contributed by atoms with Crippen molar-refractivity contribution in [3.63, 3.8) is 0 Å². The van der Waals surface area contributed by atoms with Gasteiger partial charge in [-0.1, -0.05) is 6.92 Å². The summed E-state index contributed by atoms with van der Waals surface area (Å²) in [5.41, 5.74) is -1.21. The van der Waals surface area contributed by atoms with Gasteiger partial charge in [-0.2, -0.15) is 0 Å². The number of rotatable bonds is 1. The minimum absolute atomic E-state index is 0.0759. The van der Waals surface area contributed by atoms with E-state index in [2.05, 4.69) is 6.92 Å². The Morgan fingerprint density at radius 2 is 1.93 bits per heavy atom. The van der Waals surface area contributed by atoms with Crippen LogP contribution in [0.15, 0.2) is 0 Å². The summed E-state index contributed by atoms with van der Waals surface area (Å²) in [6.07, 6.45) is 4.81. The summed E-state index contributed by atoms with van der Waals surface area (Å²) >= 11 is 0. The molecule has 0 aromatic carbocycles. The van der Waals surface area contributed by atoms with Crippen molar-refractivity contribution in [3.8, 4) is 0 Å². The first-order valence-corrected chi connectivity index (χ1v) is 5.81. The minimum atomic E-state index is -0.684. The smallest absolute Gasteiger partial charge is 0.309 e. The second-order valence-corrected chi connectivity index (χ2v) is 6.63. The molecule has 0 aromatic heterocycles. The van der Waals surface area contributed by atoms with Crippen molar-refractivity contribution in [1.82, 2.24) is 0 Å². The van der Waals surface area contributed by atoms with Crippen LogP contribution in [0.4, 0.5) is 0 Å². The highest BCUT2D eigenvalue weighted by Gasteiger charge is 2.64. The summed E-state index contributed by atoms with van der Waals surface area (Å²) in [4.78, 5) is 11.4. The first kappa shape index (κ1) is 9.64. The van der Waals surface area contributed by atoms with Crippen molar-refractivity contribution in [2.45, 2.75) is 51.0 Å². The molecule has 3 nitrogen and oxygen atoms in total. The molecule has 0 spiro atoms. The molecule has 4 aliphatic rings. The van der Waals surface area contributed by atoms with Gasteiger partial charge in [-0.25, -0.2) is 0 Å². The van der Waals surface area contributed by atoms with Crippen LogP contribution in [0.3, 0.4) is 0 Å². The van der Waals surface area contributed by atoms with Crippen LogP contribution < -0.4 is 0 Å². The fourth-order valence-corrected chi connectivity index (χ4v) is 5.10. The number of aliphatic carboxylic acids is 1. The Hall–Kier alpha value is -0.570. The lowest BCUT2D eigenvalue weighted by molar-refractivity contribution is -0.209. The predicted molar refractivity (Wildman–Crippen MR) is 54.3 cm³/mol. The van der Waals surface area contributed by atoms with Crippen LogP contribution in [0.5, 0.6) is 0 Å². The van der Waals surface area contributed by atoms with E-state index in [1.54, 1.807) is 0 Å². The highest BCUT2D eigenvalue weighted by Crippen LogP contribution is 2.66. The van der Waals surface area contributed by atoms with Gasteiger partial charge < -0.3 is 10.2 Å². The zero-order valence-electron chi connectivity index (χ0n) is 9.12. The van der Waals surface area contributed by atoms with Gasteiger partial charge in [0.2, 0.25) is 0 Å². The average molecular weight is 210 g/mol. The van der Waals surface area contributed by atoms with Crippen LogP contribution in [0.2, 0.25) is 0 Å². The van der Waals surface area contributed by atoms with Gasteiger partial charge in [-0.15, -0.1) is 0 Å². The molecule has 0 radical (unpaired) electrons. The van der Waals surface area contributed by atoms with Gasteiger partial charge in [-0.3, -0.25) is 4.79 Å². The van der Waals surface area contributed by atoms with Crippen LogP contribution in [0.25, 0.3) is 0 Å². The summed E-state index contributed by atoms with van der Waals surface area (Å²) in [5, 5.41) is 19.8. The third-order valence-corrected chi connectivity index (χ3v) is 4.77. The highest BCUT2D eigenvalue weighted by atomic mass is 16.4. The Kier molecular flexibility index (Phi) is 1.54. The number of carbonyl (C=O) groups is 1. The maximum absolute atomic E-state index is 11.4. The van der Waals surface area contributed by atoms with Gasteiger partial charge in [0.15, 0.2) is 0 Å². The van der Waals surface area contributed by atoms with Crippen molar-refractivity contribution < 1.29 is 15.0 Å². The number of carboxylic acid groups (broad SMARTS) is 1. The summed E-state index contributed by atoms with van der Waals surface area (Å²) < 4.78 is 0. The van der Waals surface area contributed by atoms with Crippen molar-refractivity contribution in [1.29, 1.82) is 0 Å². The fourth-order valence-electron chi connectivity index (χ4n) is 5.10. The maximum atomic E-state index is 11.4. The number of hydrogen-bond donors (Lipinski definition) is 2. The van der Waals surface area contributed by atoms with Crippen LogP contribution >= 0.6 is 0 Å². The Balaban J connectivity index is 2.05. The Morgan fingerprint density at radius 1 is 1.20 bits per heavy atom. The first-order valence-electron chi connectivity index (χ1n) is 5.81. The Bertz CT molecular complexity index is 318. The lowest BCUT2D eigenvalue weighted by atomic mass is 9.43. The van der Waals surface area contributed by atoms with Gasteiger partial charge in [0, 0.05) is 0 Å². The molecule has 15 heavy (non-hydrogen) atoms. The number of aliphatic hydroxyl groups is 1. The van der Waals surface area contributed by atoms with Gasteiger partial charge in [-0.05, 0) is 49.9 Å². The van der Waals surface area contributed by atoms with E-state index in [1.165, 1.54) is 0 Å². The lowest BCUT2D eigenvalue weighted by Crippen LogP contribution is -2.61. The van der Waals surface area contributed by atoms with E-state index in [4.69, 9.17) is 0 Å². The highest BCUT2D eigenvalue weighted by molar-refractivity contribution is 5.75. The molecule has 4 saturated carbocycles. The molecule has 0 amide bonds. The normalized spacial score (nSPS) is 57.1. The molecule has 4 aliphatic carbocycles. The molecule has 4 atom stereocenters. The Morgan fingerprint density at radius 3 is 2.47 bits per heavy atom. The SMILES string of the molecule is C[C@@]12C[C@@H]3C[C@@](O)(C1)C[C@](C(=O)O)(C3)C2. The van der Waals surface area contributed by atoms with Gasteiger partial charge in [0.1, 0.15) is 0 Å². The zero-order chi connectivity index (χ0) is 10.9. The van der Waals surface area contributed by atoms with Crippen LogP contribution in [0.1, 0.15) is 45.4 Å². The molecule has 84 valence electrons. The zero-order valence-corrected chi connectivity index (χ0v) is 9.12. The quantitative estimate of drug-likeness (QED) is 0.693. The van der Waals surface area contributed by atoms with E-state index in [1.807, 2.05) is 0 Å². The summed E-state index contributed by atoms with van der Waals surface area (Å²) in [6.45, 7) is 2.15. The average Bonchev–Trinajstić information content (AvgIpc) is 1.95. The second kappa shape index (κ2) is 2.40. The second-order valence-electron chi connectivity index (χ2n) is 6.63. The van der Waals surface area contributed by atoms with E-state index in [-0.39, 0.29) is 5.41 Å². The van der Waals surface area contributed by atoms with Crippen LogP contribution in [-0.4, -0.2) is 21.8 Å². The van der Waals surface area contributed by atoms with Crippen LogP contribution in [0, 0.1) is 16.7 Å². The third kappa shape index (κ3) is 1.19. The summed E-state index contributed by atoms with van der Waals surface area (Å²) in [6, 6.07) is 0. The van der Waals surface area contributed by atoms with E-state index < -0.39 is 17.0 Å². The minimum Gasteiger partial charge on any atom is -0.481 e. The molecule has 0 unspecified atom stereocenters. The monoisotopic (exact) mass is 210 g/mol. The standard InChI is InChI=1S/C12H18O3/c1-10-2-8-3-11(5-10,9(13)14)7-12(15,4-8)6-10/h8,15H,2-7H2,1H3,(H,13,14)/t8-,10-,11-,12+/m0/s1. The Labute approximate surface area is 89.5 Å². The van der Waals surface area contributed by atoms with Crippen molar-refractivity contribution in [2.24, 2.45) is 16.7 Å². The lowest BCUT2D eigenvalue weighted by Gasteiger charge is -2.62. The summed E-state index contributed by atoms with van der Waals surface area (Å²) in [5.74, 6) is -0.247. The molecule has 4 rings (SSSR count). The van der Waals surface area contributed by atoms with Crippen molar-refractivity contribution in [3.05, 3.63) is 0 Å². The largest absolute Gasteiger partial charge is 0.481 e. The molecular weight excluding hydrogens is 192 g/mol. The molecule has 4 bridgehead atoms. The third-order valence-electron chi connectivity index (χ3n) is 4.77. The molecule has 4 fully saturated rings. The topological polar surface area (TPSA) is 57.5 Å². The number of hydrogen-bond acceptors (Lipinski definition) is 2. The molecule has 0 heterocycles. The molecular formula is C12H18O3. The molecule has 3 heteroatoms. The van der Waals surface area contributed by atoms with Crippen molar-refractivity contribution >= 4 is 5.97 Å². The molecule has 0 aromatic rings. The van der Waals surface area contributed by atoms with E-state index in [0.717, 1.165) is 32.1 Å². The molecule has 0 saturated heterocycles. The van der Waals surface area contributed by atoms with E-state index >= 15 is 0 Å². The van der Waals surface area contributed by atoms with Gasteiger partial charge in [0.05, 0.1) is 11.0 Å². The summed E-state index contributed by atoms with van der Waals surface area (Å²) in [7, 11) is 0. The van der Waals surface area contributed by atoms with E-state index in [0.29, 0.717) is 12.3 Å². The number of carboxylic acids is 1. The van der Waals surface area contributed by atoms with Crippen molar-refractivity contribution in [2.75, 3.05) is 0 Å². The maximum Gasteiger partial charge on any atom is 0.309 e. The van der Waals surface area contributed by atoms with E-state index in [9.17, 15) is 15.0 Å². The van der Waals surface area contributed by atoms with Crippen LogP contribution in [-0.2, 0) is 4.79 Å². The predicted octanol–water partition coefficient (Wildman–Crippen LogP) is 1.79. The fraction of sp³-hybridized carbons (Fsp3) is 0.917. The van der Waals surface area contributed by atoms with Gasteiger partial charge >= 0.3 is 5.97 Å². The molecule has 2 N–H and O–H groups in total.